The lowest BCUT2D eigenvalue weighted by Gasteiger charge is -2.09. The normalized spacial score (nSPS) is 12.7. The third-order valence-electron chi connectivity index (χ3n) is 1.64. The number of aryl methyl sites for hydroxylation is 1. The fourth-order valence-corrected chi connectivity index (χ4v) is 1.04. The maximum atomic E-state index is 9.32. The van der Waals surface area contributed by atoms with E-state index in [2.05, 4.69) is 4.98 Å². The lowest BCUT2D eigenvalue weighted by molar-refractivity contribution is 0.188. The van der Waals surface area contributed by atoms with Crippen LogP contribution < -0.4 is 4.74 Å². The van der Waals surface area contributed by atoms with Crippen molar-refractivity contribution in [3.63, 3.8) is 0 Å². The first-order valence-corrected chi connectivity index (χ1v) is 3.84. The predicted molar refractivity (Wildman–Crippen MR) is 46.2 cm³/mol. The topological polar surface area (TPSA) is 42.4 Å². The molecular weight excluding hydrogens is 154 g/mol. The van der Waals surface area contributed by atoms with Crippen LogP contribution >= 0.6 is 0 Å². The predicted octanol–water partition coefficient (Wildman–Crippen LogP) is 1.45. The zero-order valence-electron chi connectivity index (χ0n) is 7.53. The summed E-state index contributed by atoms with van der Waals surface area (Å²) < 4.78 is 5.04. The van der Waals surface area contributed by atoms with Crippen LogP contribution in [0, 0.1) is 6.92 Å². The number of methoxy groups -OCH3 is 1. The minimum absolute atomic E-state index is 0.583. The van der Waals surface area contributed by atoms with Crippen LogP contribution in [0.4, 0.5) is 0 Å². The Balaban J connectivity index is 3.12. The summed E-state index contributed by atoms with van der Waals surface area (Å²) >= 11 is 0. The van der Waals surface area contributed by atoms with Crippen molar-refractivity contribution in [3.8, 4) is 5.75 Å². The van der Waals surface area contributed by atoms with Gasteiger partial charge in [-0.1, -0.05) is 0 Å². The molecule has 0 radical (unpaired) electrons. The van der Waals surface area contributed by atoms with Crippen LogP contribution in [-0.2, 0) is 0 Å². The van der Waals surface area contributed by atoms with Crippen molar-refractivity contribution >= 4 is 0 Å². The molecule has 0 aliphatic carbocycles. The van der Waals surface area contributed by atoms with Crippen LogP contribution in [0.5, 0.6) is 5.75 Å². The molecule has 1 aromatic heterocycles. The highest BCUT2D eigenvalue weighted by Crippen LogP contribution is 2.22. The summed E-state index contributed by atoms with van der Waals surface area (Å²) in [6.07, 6.45) is -0.583. The van der Waals surface area contributed by atoms with E-state index in [1.807, 2.05) is 19.1 Å². The highest BCUT2D eigenvalue weighted by molar-refractivity contribution is 5.30. The fraction of sp³-hybridized carbons (Fsp3) is 0.444. The summed E-state index contributed by atoms with van der Waals surface area (Å²) in [5.74, 6) is 0.635. The molecule has 3 heteroatoms. The number of aliphatic hydroxyl groups is 1. The quantitative estimate of drug-likeness (QED) is 0.725. The van der Waals surface area contributed by atoms with Gasteiger partial charge in [-0.05, 0) is 26.0 Å². The Bertz CT molecular complexity index is 271. The van der Waals surface area contributed by atoms with Crippen molar-refractivity contribution in [1.82, 2.24) is 4.98 Å². The van der Waals surface area contributed by atoms with Crippen LogP contribution in [0.25, 0.3) is 0 Å². The molecule has 1 unspecified atom stereocenters. The Labute approximate surface area is 72.0 Å². The third-order valence-corrected chi connectivity index (χ3v) is 1.64. The van der Waals surface area contributed by atoms with E-state index in [4.69, 9.17) is 4.74 Å². The molecule has 0 aromatic carbocycles. The molecule has 0 fully saturated rings. The minimum Gasteiger partial charge on any atom is -0.495 e. The van der Waals surface area contributed by atoms with E-state index in [9.17, 15) is 5.11 Å². The van der Waals surface area contributed by atoms with Gasteiger partial charge in [-0.15, -0.1) is 0 Å². The maximum Gasteiger partial charge on any atom is 0.143 e. The minimum atomic E-state index is -0.583. The van der Waals surface area contributed by atoms with Crippen LogP contribution in [0.2, 0.25) is 0 Å². The van der Waals surface area contributed by atoms with E-state index in [-0.39, 0.29) is 0 Å². The van der Waals surface area contributed by atoms with Gasteiger partial charge in [-0.3, -0.25) is 4.98 Å². The van der Waals surface area contributed by atoms with Crippen molar-refractivity contribution in [3.05, 3.63) is 23.5 Å². The Hall–Kier alpha value is -1.09. The molecule has 1 N–H and O–H groups in total. The summed E-state index contributed by atoms with van der Waals surface area (Å²) in [6, 6.07) is 3.66. The molecule has 0 aliphatic heterocycles. The second-order valence-corrected chi connectivity index (χ2v) is 2.72. The highest BCUT2D eigenvalue weighted by Gasteiger charge is 2.09. The smallest absolute Gasteiger partial charge is 0.143 e. The number of hydrogen-bond donors (Lipinski definition) is 1. The third kappa shape index (κ3) is 1.74. The van der Waals surface area contributed by atoms with Gasteiger partial charge in [-0.25, -0.2) is 0 Å². The van der Waals surface area contributed by atoms with Crippen LogP contribution in [0.3, 0.4) is 0 Å². The Morgan fingerprint density at radius 1 is 1.50 bits per heavy atom. The van der Waals surface area contributed by atoms with E-state index >= 15 is 0 Å². The van der Waals surface area contributed by atoms with E-state index in [1.54, 1.807) is 14.0 Å². The van der Waals surface area contributed by atoms with E-state index in [0.717, 1.165) is 5.69 Å². The average molecular weight is 167 g/mol. The number of aliphatic hydroxyl groups excluding tert-OH is 1. The largest absolute Gasteiger partial charge is 0.495 e. The number of hydrogen-bond acceptors (Lipinski definition) is 3. The molecule has 3 nitrogen and oxygen atoms in total. The van der Waals surface area contributed by atoms with Gasteiger partial charge < -0.3 is 9.84 Å². The fourth-order valence-electron chi connectivity index (χ4n) is 1.04. The Kier molecular flexibility index (Phi) is 2.65. The van der Waals surface area contributed by atoms with Crippen LogP contribution in [0.15, 0.2) is 12.1 Å². The average Bonchev–Trinajstić information content (AvgIpc) is 2.04. The Morgan fingerprint density at radius 3 is 2.67 bits per heavy atom. The van der Waals surface area contributed by atoms with Crippen LogP contribution in [0.1, 0.15) is 24.4 Å². The van der Waals surface area contributed by atoms with Crippen molar-refractivity contribution in [2.45, 2.75) is 20.0 Å². The molecular formula is C9H13NO2. The highest BCUT2D eigenvalue weighted by atomic mass is 16.5. The van der Waals surface area contributed by atoms with Gasteiger partial charge in [0, 0.05) is 5.69 Å². The summed E-state index contributed by atoms with van der Waals surface area (Å²) in [6.45, 7) is 3.55. The van der Waals surface area contributed by atoms with Gasteiger partial charge in [-0.2, -0.15) is 0 Å². The molecule has 1 atom stereocenters. The van der Waals surface area contributed by atoms with Crippen molar-refractivity contribution < 1.29 is 9.84 Å². The van der Waals surface area contributed by atoms with Crippen LogP contribution in [-0.4, -0.2) is 17.2 Å². The SMILES string of the molecule is COc1ccc(C)nc1C(C)O. The van der Waals surface area contributed by atoms with Crippen molar-refractivity contribution in [2.24, 2.45) is 0 Å². The second-order valence-electron chi connectivity index (χ2n) is 2.72. The van der Waals surface area contributed by atoms with E-state index in [0.29, 0.717) is 11.4 Å². The molecule has 66 valence electrons. The lowest BCUT2D eigenvalue weighted by Crippen LogP contribution is -2.00. The van der Waals surface area contributed by atoms with Gasteiger partial charge in [0.15, 0.2) is 0 Å². The summed E-state index contributed by atoms with van der Waals surface area (Å²) in [7, 11) is 1.57. The molecule has 0 spiro atoms. The lowest BCUT2D eigenvalue weighted by atomic mass is 10.2. The van der Waals surface area contributed by atoms with Gasteiger partial charge >= 0.3 is 0 Å². The van der Waals surface area contributed by atoms with Crippen molar-refractivity contribution in [1.29, 1.82) is 0 Å². The van der Waals surface area contributed by atoms with E-state index in [1.165, 1.54) is 0 Å². The molecule has 1 rings (SSSR count). The van der Waals surface area contributed by atoms with Gasteiger partial charge in [0.25, 0.3) is 0 Å². The molecule has 12 heavy (non-hydrogen) atoms. The maximum absolute atomic E-state index is 9.32. The number of ether oxygens (including phenoxy) is 1. The first kappa shape index (κ1) is 9.00. The molecule has 0 saturated carbocycles. The number of pyridine rings is 1. The van der Waals surface area contributed by atoms with Gasteiger partial charge in [0.2, 0.25) is 0 Å². The van der Waals surface area contributed by atoms with Crippen molar-refractivity contribution in [2.75, 3.05) is 7.11 Å². The van der Waals surface area contributed by atoms with Gasteiger partial charge in [0.05, 0.1) is 13.2 Å². The molecule has 1 aromatic rings. The number of aromatic nitrogens is 1. The summed E-state index contributed by atoms with van der Waals surface area (Å²) in [5, 5.41) is 9.32. The molecule has 0 bridgehead atoms. The second kappa shape index (κ2) is 3.54. The molecule has 0 amide bonds. The number of nitrogens with zero attached hydrogens (tertiary/aromatic N) is 1. The molecule has 1 heterocycles. The Morgan fingerprint density at radius 2 is 2.17 bits per heavy atom. The van der Waals surface area contributed by atoms with Gasteiger partial charge in [0.1, 0.15) is 11.4 Å². The van der Waals surface area contributed by atoms with E-state index < -0.39 is 6.10 Å². The molecule has 0 saturated heterocycles. The first-order chi connectivity index (χ1) is 5.65. The zero-order valence-corrected chi connectivity index (χ0v) is 7.53. The molecule has 0 aliphatic rings. The summed E-state index contributed by atoms with van der Waals surface area (Å²) in [5.41, 5.74) is 1.48. The summed E-state index contributed by atoms with van der Waals surface area (Å²) in [4.78, 5) is 4.17. The first-order valence-electron chi connectivity index (χ1n) is 3.84. The standard InChI is InChI=1S/C9H13NO2/c1-6-4-5-8(12-3)9(10-6)7(2)11/h4-5,7,11H,1-3H3. The zero-order chi connectivity index (χ0) is 9.14. The monoisotopic (exact) mass is 167 g/mol. The number of rotatable bonds is 2.